The maximum absolute atomic E-state index is 12.7. The zero-order chi connectivity index (χ0) is 17.2. The Hall–Kier alpha value is -2.61. The van der Waals surface area contributed by atoms with Gasteiger partial charge in [0.2, 0.25) is 5.88 Å². The summed E-state index contributed by atoms with van der Waals surface area (Å²) in [6.45, 7) is 0. The van der Waals surface area contributed by atoms with Crippen LogP contribution in [-0.4, -0.2) is 17.1 Å². The molecule has 3 aromatic rings. The average Bonchev–Trinajstić information content (AvgIpc) is 3.03. The smallest absolute Gasteiger partial charge is 0.416 e. The molecule has 0 aliphatic heterocycles. The summed E-state index contributed by atoms with van der Waals surface area (Å²) in [4.78, 5) is 8.41. The van der Waals surface area contributed by atoms with E-state index in [9.17, 15) is 13.2 Å². The Morgan fingerprint density at radius 2 is 2.00 bits per heavy atom. The number of alkyl halides is 3. The summed E-state index contributed by atoms with van der Waals surface area (Å²) in [5.41, 5.74) is 1.13. The van der Waals surface area contributed by atoms with Gasteiger partial charge in [0.25, 0.3) is 0 Å². The van der Waals surface area contributed by atoms with Gasteiger partial charge in [0.15, 0.2) is 5.13 Å². The quantitative estimate of drug-likeness (QED) is 0.720. The van der Waals surface area contributed by atoms with E-state index < -0.39 is 11.7 Å². The van der Waals surface area contributed by atoms with Crippen LogP contribution < -0.4 is 10.1 Å². The fourth-order valence-electron chi connectivity index (χ4n) is 2.04. The molecule has 1 aromatic carbocycles. The van der Waals surface area contributed by atoms with Crippen molar-refractivity contribution >= 4 is 22.2 Å². The van der Waals surface area contributed by atoms with Crippen LogP contribution in [0.25, 0.3) is 11.3 Å². The van der Waals surface area contributed by atoms with Crippen LogP contribution in [0.2, 0.25) is 0 Å². The Morgan fingerprint density at radius 1 is 1.17 bits per heavy atom. The average molecular weight is 351 g/mol. The van der Waals surface area contributed by atoms with Crippen molar-refractivity contribution in [3.8, 4) is 17.1 Å². The third-order valence-electron chi connectivity index (χ3n) is 3.19. The highest BCUT2D eigenvalue weighted by molar-refractivity contribution is 7.14. The van der Waals surface area contributed by atoms with Crippen molar-refractivity contribution in [2.45, 2.75) is 6.18 Å². The maximum atomic E-state index is 12.7. The zero-order valence-electron chi connectivity index (χ0n) is 12.5. The lowest BCUT2D eigenvalue weighted by Crippen LogP contribution is -2.05. The number of ether oxygens (including phenoxy) is 1. The van der Waals surface area contributed by atoms with Gasteiger partial charge < -0.3 is 10.1 Å². The van der Waals surface area contributed by atoms with Gasteiger partial charge in [-0.15, -0.1) is 11.3 Å². The number of aromatic nitrogens is 2. The number of hydrogen-bond donors (Lipinski definition) is 1. The first-order valence-electron chi connectivity index (χ1n) is 6.86. The maximum Gasteiger partial charge on any atom is 0.416 e. The van der Waals surface area contributed by atoms with E-state index in [0.717, 1.165) is 17.7 Å². The SMILES string of the molecule is COc1cc(-c2csc(Nc3cccc(C(F)(F)F)c3)n2)ccn1. The summed E-state index contributed by atoms with van der Waals surface area (Å²) < 4.78 is 43.3. The molecular weight excluding hydrogens is 339 g/mol. The van der Waals surface area contributed by atoms with Crippen LogP contribution >= 0.6 is 11.3 Å². The Bertz CT molecular complexity index is 848. The fraction of sp³-hybridized carbons (Fsp3) is 0.125. The van der Waals surface area contributed by atoms with Crippen LogP contribution in [-0.2, 0) is 6.18 Å². The number of nitrogens with zero attached hydrogens (tertiary/aromatic N) is 2. The van der Waals surface area contributed by atoms with Gasteiger partial charge in [-0.1, -0.05) is 6.07 Å². The van der Waals surface area contributed by atoms with Gasteiger partial charge in [0.1, 0.15) is 0 Å². The molecule has 0 saturated heterocycles. The van der Waals surface area contributed by atoms with Crippen LogP contribution in [0.3, 0.4) is 0 Å². The molecule has 2 heterocycles. The summed E-state index contributed by atoms with van der Waals surface area (Å²) in [6.07, 6.45) is -2.77. The van der Waals surface area contributed by atoms with Crippen molar-refractivity contribution in [1.82, 2.24) is 9.97 Å². The first-order chi connectivity index (χ1) is 11.5. The first-order valence-corrected chi connectivity index (χ1v) is 7.74. The molecule has 0 radical (unpaired) electrons. The fourth-order valence-corrected chi connectivity index (χ4v) is 2.78. The Labute approximate surface area is 140 Å². The molecule has 0 unspecified atom stereocenters. The Kier molecular flexibility index (Phi) is 4.39. The van der Waals surface area contributed by atoms with Gasteiger partial charge >= 0.3 is 6.18 Å². The minimum Gasteiger partial charge on any atom is -0.481 e. The molecule has 0 spiro atoms. The lowest BCUT2D eigenvalue weighted by atomic mass is 10.2. The summed E-state index contributed by atoms with van der Waals surface area (Å²) >= 11 is 1.30. The van der Waals surface area contributed by atoms with Gasteiger partial charge in [0, 0.05) is 28.9 Å². The molecule has 0 aliphatic carbocycles. The van der Waals surface area contributed by atoms with Gasteiger partial charge in [-0.25, -0.2) is 9.97 Å². The van der Waals surface area contributed by atoms with Crippen molar-refractivity contribution in [3.63, 3.8) is 0 Å². The van der Waals surface area contributed by atoms with Crippen LogP contribution in [0.4, 0.5) is 24.0 Å². The van der Waals surface area contributed by atoms with Gasteiger partial charge in [0.05, 0.1) is 18.4 Å². The molecule has 124 valence electrons. The number of hydrogen-bond acceptors (Lipinski definition) is 5. The molecule has 24 heavy (non-hydrogen) atoms. The predicted octanol–water partition coefficient (Wildman–Crippen LogP) is 4.98. The summed E-state index contributed by atoms with van der Waals surface area (Å²) in [5.74, 6) is 0.466. The number of halogens is 3. The van der Waals surface area contributed by atoms with E-state index in [1.54, 1.807) is 24.4 Å². The molecule has 0 bridgehead atoms. The lowest BCUT2D eigenvalue weighted by molar-refractivity contribution is -0.137. The minimum absolute atomic E-state index is 0.332. The number of nitrogens with one attached hydrogen (secondary N) is 1. The second-order valence-electron chi connectivity index (χ2n) is 4.83. The molecule has 0 fully saturated rings. The Balaban J connectivity index is 1.81. The van der Waals surface area contributed by atoms with Crippen molar-refractivity contribution in [3.05, 3.63) is 53.5 Å². The van der Waals surface area contributed by atoms with Crippen molar-refractivity contribution in [1.29, 1.82) is 0 Å². The molecular formula is C16H12F3N3OS. The van der Waals surface area contributed by atoms with E-state index in [2.05, 4.69) is 15.3 Å². The van der Waals surface area contributed by atoms with Crippen LogP contribution in [0.5, 0.6) is 5.88 Å². The number of rotatable bonds is 4. The monoisotopic (exact) mass is 351 g/mol. The highest BCUT2D eigenvalue weighted by atomic mass is 32.1. The number of pyridine rings is 1. The number of anilines is 2. The normalized spacial score (nSPS) is 11.3. The highest BCUT2D eigenvalue weighted by Crippen LogP contribution is 2.32. The number of thiazole rings is 1. The first kappa shape index (κ1) is 16.3. The molecule has 3 rings (SSSR count). The van der Waals surface area contributed by atoms with E-state index in [-0.39, 0.29) is 0 Å². The van der Waals surface area contributed by atoms with Crippen molar-refractivity contribution in [2.24, 2.45) is 0 Å². The molecule has 1 N–H and O–H groups in total. The van der Waals surface area contributed by atoms with Crippen molar-refractivity contribution < 1.29 is 17.9 Å². The molecule has 8 heteroatoms. The summed E-state index contributed by atoms with van der Waals surface area (Å²) in [6, 6.07) is 8.52. The van der Waals surface area contributed by atoms with Gasteiger partial charge in [-0.2, -0.15) is 13.2 Å². The van der Waals surface area contributed by atoms with Crippen LogP contribution in [0.1, 0.15) is 5.56 Å². The third kappa shape index (κ3) is 3.65. The molecule has 0 aliphatic rings. The second kappa shape index (κ2) is 6.48. The third-order valence-corrected chi connectivity index (χ3v) is 3.94. The largest absolute Gasteiger partial charge is 0.481 e. The van der Waals surface area contributed by atoms with E-state index in [4.69, 9.17) is 4.74 Å². The second-order valence-corrected chi connectivity index (χ2v) is 5.69. The predicted molar refractivity (Wildman–Crippen MR) is 86.6 cm³/mol. The van der Waals surface area contributed by atoms with Crippen LogP contribution in [0, 0.1) is 0 Å². The van der Waals surface area contributed by atoms with Crippen molar-refractivity contribution in [2.75, 3.05) is 12.4 Å². The van der Waals surface area contributed by atoms with E-state index in [1.807, 2.05) is 5.38 Å². The molecule has 2 aromatic heterocycles. The molecule has 0 atom stereocenters. The molecule has 4 nitrogen and oxygen atoms in total. The Morgan fingerprint density at radius 3 is 2.75 bits per heavy atom. The van der Waals surface area contributed by atoms with E-state index in [0.29, 0.717) is 22.4 Å². The summed E-state index contributed by atoms with van der Waals surface area (Å²) in [7, 11) is 1.52. The van der Waals surface area contributed by atoms with Crippen LogP contribution in [0.15, 0.2) is 48.0 Å². The van der Waals surface area contributed by atoms with E-state index in [1.165, 1.54) is 24.5 Å². The van der Waals surface area contributed by atoms with Gasteiger partial charge in [-0.3, -0.25) is 0 Å². The summed E-state index contributed by atoms with van der Waals surface area (Å²) in [5, 5.41) is 5.21. The standard InChI is InChI=1S/C16H12F3N3OS/c1-23-14-7-10(5-6-20-14)13-9-24-15(22-13)21-12-4-2-3-11(8-12)16(17,18)19/h2-9H,1H3,(H,21,22). The van der Waals surface area contributed by atoms with E-state index >= 15 is 0 Å². The number of benzene rings is 1. The zero-order valence-corrected chi connectivity index (χ0v) is 13.3. The minimum atomic E-state index is -4.38. The molecule has 0 saturated carbocycles. The van der Waals surface area contributed by atoms with Gasteiger partial charge in [-0.05, 0) is 24.3 Å². The number of methoxy groups -OCH3 is 1. The lowest BCUT2D eigenvalue weighted by Gasteiger charge is -2.08. The topological polar surface area (TPSA) is 47.0 Å². The highest BCUT2D eigenvalue weighted by Gasteiger charge is 2.30. The molecule has 0 amide bonds.